The molecule has 0 unspecified atom stereocenters. The minimum Gasteiger partial charge on any atom is -0.492 e. The molecule has 0 aromatic heterocycles. The largest absolute Gasteiger partial charge is 0.492 e. The molecule has 140 valence electrons. The maximum atomic E-state index is 12.8. The Balaban J connectivity index is 2.82. The molecule has 25 heavy (non-hydrogen) atoms. The maximum Gasteiger partial charge on any atom is 0.416 e. The van der Waals surface area contributed by atoms with E-state index in [1.54, 1.807) is 20.8 Å². The van der Waals surface area contributed by atoms with E-state index in [1.165, 1.54) is 0 Å². The molecule has 0 fully saturated rings. The Labute approximate surface area is 143 Å². The number of alkyl halides is 3. The van der Waals surface area contributed by atoms with Gasteiger partial charge in [-0.3, -0.25) is 9.59 Å². The number of halogens is 3. The lowest BCUT2D eigenvalue weighted by molar-refractivity contribution is -0.137. The second-order valence-corrected chi connectivity index (χ2v) is 5.68. The predicted molar refractivity (Wildman–Crippen MR) is 87.1 cm³/mol. The summed E-state index contributed by atoms with van der Waals surface area (Å²) in [5.74, 6) is -1.21. The van der Waals surface area contributed by atoms with Gasteiger partial charge < -0.3 is 21.1 Å². The van der Waals surface area contributed by atoms with Crippen molar-refractivity contribution >= 4 is 17.5 Å². The number of rotatable bonds is 7. The van der Waals surface area contributed by atoms with Crippen molar-refractivity contribution in [3.05, 3.63) is 23.8 Å². The van der Waals surface area contributed by atoms with Gasteiger partial charge in [0.25, 0.3) is 0 Å². The Kier molecular flexibility index (Phi) is 7.22. The second-order valence-electron chi connectivity index (χ2n) is 5.68. The zero-order valence-electron chi connectivity index (χ0n) is 14.2. The Morgan fingerprint density at radius 1 is 1.28 bits per heavy atom. The number of carbonyl (C=O) groups is 2. The van der Waals surface area contributed by atoms with Crippen LogP contribution in [0.3, 0.4) is 0 Å². The van der Waals surface area contributed by atoms with Gasteiger partial charge in [-0.1, -0.05) is 13.8 Å². The van der Waals surface area contributed by atoms with Gasteiger partial charge >= 0.3 is 6.18 Å². The van der Waals surface area contributed by atoms with Crippen molar-refractivity contribution in [2.75, 3.05) is 18.5 Å². The van der Waals surface area contributed by atoms with Gasteiger partial charge in [0, 0.05) is 0 Å². The van der Waals surface area contributed by atoms with Crippen LogP contribution in [0.2, 0.25) is 0 Å². The molecule has 6 nitrogen and oxygen atoms in total. The first-order valence-corrected chi connectivity index (χ1v) is 7.73. The minimum absolute atomic E-state index is 0.106. The highest BCUT2D eigenvalue weighted by molar-refractivity contribution is 5.96. The van der Waals surface area contributed by atoms with Gasteiger partial charge in [-0.25, -0.2) is 0 Å². The van der Waals surface area contributed by atoms with Crippen molar-refractivity contribution in [2.24, 2.45) is 11.7 Å². The summed E-state index contributed by atoms with van der Waals surface area (Å²) < 4.78 is 43.7. The number of hydrogen-bond donors (Lipinski definition) is 3. The number of anilines is 1. The van der Waals surface area contributed by atoms with E-state index < -0.39 is 36.1 Å². The first-order valence-electron chi connectivity index (χ1n) is 7.73. The number of benzene rings is 1. The summed E-state index contributed by atoms with van der Waals surface area (Å²) >= 11 is 0. The maximum absolute atomic E-state index is 12.8. The number of carbonyl (C=O) groups excluding carboxylic acids is 2. The smallest absolute Gasteiger partial charge is 0.416 e. The van der Waals surface area contributed by atoms with E-state index in [0.29, 0.717) is 0 Å². The molecular formula is C16H22F3N3O3. The van der Waals surface area contributed by atoms with E-state index >= 15 is 0 Å². The van der Waals surface area contributed by atoms with Gasteiger partial charge in [0.2, 0.25) is 11.8 Å². The highest BCUT2D eigenvalue weighted by Crippen LogP contribution is 2.35. The molecule has 1 rings (SSSR count). The number of nitrogens with two attached hydrogens (primary N) is 1. The summed E-state index contributed by atoms with van der Waals surface area (Å²) in [5, 5.41) is 4.65. The van der Waals surface area contributed by atoms with E-state index in [9.17, 15) is 22.8 Å². The zero-order valence-corrected chi connectivity index (χ0v) is 14.2. The predicted octanol–water partition coefficient (Wildman–Crippen LogP) is 2.14. The summed E-state index contributed by atoms with van der Waals surface area (Å²) in [6, 6.07) is 2.00. The Hall–Kier alpha value is -2.29. The molecule has 1 atom stereocenters. The fourth-order valence-electron chi connectivity index (χ4n) is 1.87. The molecule has 0 spiro atoms. The molecule has 1 aromatic rings. The monoisotopic (exact) mass is 361 g/mol. The van der Waals surface area contributed by atoms with Crippen molar-refractivity contribution in [1.82, 2.24) is 5.32 Å². The molecule has 0 aliphatic rings. The van der Waals surface area contributed by atoms with Crippen LogP contribution >= 0.6 is 0 Å². The molecule has 0 saturated carbocycles. The molecular weight excluding hydrogens is 339 g/mol. The highest BCUT2D eigenvalue weighted by atomic mass is 19.4. The van der Waals surface area contributed by atoms with Crippen molar-refractivity contribution in [3.63, 3.8) is 0 Å². The van der Waals surface area contributed by atoms with Crippen LogP contribution in [0.1, 0.15) is 26.3 Å². The van der Waals surface area contributed by atoms with Gasteiger partial charge in [0.1, 0.15) is 5.75 Å². The van der Waals surface area contributed by atoms with Crippen molar-refractivity contribution < 1.29 is 27.5 Å². The summed E-state index contributed by atoms with van der Waals surface area (Å²) in [6.07, 6.45) is -4.55. The minimum atomic E-state index is -4.55. The molecule has 0 aliphatic carbocycles. The number of ether oxygens (including phenoxy) is 1. The third kappa shape index (κ3) is 6.26. The Morgan fingerprint density at radius 3 is 2.44 bits per heavy atom. The van der Waals surface area contributed by atoms with Crippen LogP contribution in [-0.2, 0) is 15.8 Å². The van der Waals surface area contributed by atoms with Crippen LogP contribution in [0.4, 0.5) is 18.9 Å². The molecule has 0 bridgehead atoms. The SMILES string of the molecule is CCOc1ccc(C(F)(F)F)cc1NC(=O)CNC(=O)[C@@H](N)C(C)C. The van der Waals surface area contributed by atoms with Gasteiger partial charge in [-0.15, -0.1) is 0 Å². The number of nitrogens with one attached hydrogen (secondary N) is 2. The van der Waals surface area contributed by atoms with Crippen LogP contribution in [0, 0.1) is 5.92 Å². The van der Waals surface area contributed by atoms with Crippen LogP contribution < -0.4 is 21.1 Å². The van der Waals surface area contributed by atoms with Crippen LogP contribution in [0.25, 0.3) is 0 Å². The topological polar surface area (TPSA) is 93.5 Å². The van der Waals surface area contributed by atoms with E-state index in [1.807, 2.05) is 0 Å². The average molecular weight is 361 g/mol. The van der Waals surface area contributed by atoms with E-state index in [4.69, 9.17) is 10.5 Å². The van der Waals surface area contributed by atoms with Crippen molar-refractivity contribution in [1.29, 1.82) is 0 Å². The average Bonchev–Trinajstić information content (AvgIpc) is 2.52. The van der Waals surface area contributed by atoms with Gasteiger partial charge in [0.15, 0.2) is 0 Å². The van der Waals surface area contributed by atoms with Crippen LogP contribution in [0.15, 0.2) is 18.2 Å². The quantitative estimate of drug-likeness (QED) is 0.694. The highest BCUT2D eigenvalue weighted by Gasteiger charge is 2.31. The van der Waals surface area contributed by atoms with Gasteiger partial charge in [-0.05, 0) is 31.0 Å². The molecule has 0 saturated heterocycles. The summed E-state index contributed by atoms with van der Waals surface area (Å²) in [7, 11) is 0. The third-order valence-corrected chi connectivity index (χ3v) is 3.32. The fraction of sp³-hybridized carbons (Fsp3) is 0.500. The van der Waals surface area contributed by atoms with Crippen LogP contribution in [0.5, 0.6) is 5.75 Å². The zero-order chi connectivity index (χ0) is 19.2. The fourth-order valence-corrected chi connectivity index (χ4v) is 1.87. The summed E-state index contributed by atoms with van der Waals surface area (Å²) in [6.45, 7) is 4.97. The Morgan fingerprint density at radius 2 is 1.92 bits per heavy atom. The molecule has 0 radical (unpaired) electrons. The van der Waals surface area contributed by atoms with E-state index in [-0.39, 0.29) is 24.0 Å². The standard InChI is InChI=1S/C16H22F3N3O3/c1-4-25-12-6-5-10(16(17,18)19)7-11(12)22-13(23)8-21-15(24)14(20)9(2)3/h5-7,9,14H,4,8,20H2,1-3H3,(H,21,24)(H,22,23)/t14-/m0/s1. The lowest BCUT2D eigenvalue weighted by Gasteiger charge is -2.16. The lowest BCUT2D eigenvalue weighted by Crippen LogP contribution is -2.46. The summed E-state index contributed by atoms with van der Waals surface area (Å²) in [4.78, 5) is 23.6. The van der Waals surface area contributed by atoms with E-state index in [2.05, 4.69) is 10.6 Å². The molecule has 0 aliphatic heterocycles. The normalized spacial score (nSPS) is 12.6. The second kappa shape index (κ2) is 8.70. The molecule has 0 heterocycles. The van der Waals surface area contributed by atoms with Gasteiger partial charge in [-0.2, -0.15) is 13.2 Å². The van der Waals surface area contributed by atoms with Crippen LogP contribution in [-0.4, -0.2) is 31.0 Å². The van der Waals surface area contributed by atoms with Gasteiger partial charge in [0.05, 0.1) is 30.4 Å². The molecule has 1 aromatic carbocycles. The molecule has 9 heteroatoms. The van der Waals surface area contributed by atoms with Crippen molar-refractivity contribution in [2.45, 2.75) is 33.0 Å². The number of hydrogen-bond acceptors (Lipinski definition) is 4. The third-order valence-electron chi connectivity index (χ3n) is 3.32. The summed E-state index contributed by atoms with van der Waals surface area (Å²) in [5.41, 5.74) is 4.60. The van der Waals surface area contributed by atoms with Crippen molar-refractivity contribution in [3.8, 4) is 5.75 Å². The van der Waals surface area contributed by atoms with E-state index in [0.717, 1.165) is 18.2 Å². The first kappa shape index (κ1) is 20.8. The Bertz CT molecular complexity index is 618. The lowest BCUT2D eigenvalue weighted by atomic mass is 10.1. The number of amides is 2. The first-order chi connectivity index (χ1) is 11.6. The molecule has 2 amide bonds. The molecule has 4 N–H and O–H groups in total.